The summed E-state index contributed by atoms with van der Waals surface area (Å²) in [6.45, 7) is 4.63. The molecule has 6 rings (SSSR count). The summed E-state index contributed by atoms with van der Waals surface area (Å²) in [5.74, 6) is -2.18. The first-order valence-electron chi connectivity index (χ1n) is 10.8. The number of fused-ring (bicyclic) bond motifs is 7. The standard InChI is InChI=1S/C24H21Cl2N3O3/c1-11-8-12(2)20-14(9-11)24(23(32)27-20)19-18(17-4-3-7-28(17)24)21(30)29(22(19)31)13-5-6-15(25)16(26)10-13/h5-6,8-10,17-19H,3-4,7H2,1-2H3,(H,27,32)/t17-,18-,19-,24+/m0/s1. The topological polar surface area (TPSA) is 69.7 Å². The number of rotatable bonds is 1. The zero-order valence-corrected chi connectivity index (χ0v) is 19.1. The Balaban J connectivity index is 1.57. The molecule has 0 bridgehead atoms. The van der Waals surface area contributed by atoms with E-state index in [1.165, 1.54) is 11.0 Å². The lowest BCUT2D eigenvalue weighted by Crippen LogP contribution is -2.54. The number of hydrogen-bond acceptors (Lipinski definition) is 4. The number of aryl methyl sites for hydroxylation is 2. The molecule has 3 amide bonds. The molecule has 3 fully saturated rings. The number of hydrogen-bond donors (Lipinski definition) is 1. The molecule has 6 nitrogen and oxygen atoms in total. The highest BCUT2D eigenvalue weighted by Crippen LogP contribution is 2.61. The van der Waals surface area contributed by atoms with E-state index in [4.69, 9.17) is 23.2 Å². The molecule has 164 valence electrons. The van der Waals surface area contributed by atoms with Crippen molar-refractivity contribution in [1.82, 2.24) is 4.90 Å². The number of amides is 3. The van der Waals surface area contributed by atoms with Crippen LogP contribution in [0.4, 0.5) is 11.4 Å². The predicted octanol–water partition coefficient (Wildman–Crippen LogP) is 4.04. The van der Waals surface area contributed by atoms with Crippen LogP contribution in [0.15, 0.2) is 30.3 Å². The lowest BCUT2D eigenvalue weighted by atomic mass is 9.75. The first-order valence-corrected chi connectivity index (χ1v) is 11.5. The smallest absolute Gasteiger partial charge is 0.250 e. The number of carbonyl (C=O) groups is 3. The average molecular weight is 470 g/mol. The summed E-state index contributed by atoms with van der Waals surface area (Å²) in [6.07, 6.45) is 1.67. The van der Waals surface area contributed by atoms with E-state index in [1.54, 1.807) is 12.1 Å². The Hall–Kier alpha value is -2.41. The van der Waals surface area contributed by atoms with Crippen molar-refractivity contribution < 1.29 is 14.4 Å². The van der Waals surface area contributed by atoms with Gasteiger partial charge in [0.2, 0.25) is 17.7 Å². The van der Waals surface area contributed by atoms with E-state index >= 15 is 0 Å². The van der Waals surface area contributed by atoms with Crippen molar-refractivity contribution in [2.24, 2.45) is 11.8 Å². The fourth-order valence-corrected chi connectivity index (χ4v) is 6.83. The Bertz CT molecular complexity index is 1250. The van der Waals surface area contributed by atoms with Gasteiger partial charge in [-0.2, -0.15) is 0 Å². The van der Waals surface area contributed by atoms with Gasteiger partial charge in [0, 0.05) is 17.3 Å². The monoisotopic (exact) mass is 469 g/mol. The van der Waals surface area contributed by atoms with E-state index in [9.17, 15) is 14.4 Å². The van der Waals surface area contributed by atoms with E-state index in [0.717, 1.165) is 35.2 Å². The van der Waals surface area contributed by atoms with E-state index in [2.05, 4.69) is 10.2 Å². The van der Waals surface area contributed by atoms with Crippen molar-refractivity contribution in [2.75, 3.05) is 16.8 Å². The van der Waals surface area contributed by atoms with Gasteiger partial charge in [0.25, 0.3) is 0 Å². The van der Waals surface area contributed by atoms with Crippen LogP contribution in [0.5, 0.6) is 0 Å². The minimum absolute atomic E-state index is 0.151. The van der Waals surface area contributed by atoms with Gasteiger partial charge in [-0.25, -0.2) is 4.90 Å². The Kier molecular flexibility index (Phi) is 4.15. The van der Waals surface area contributed by atoms with Crippen molar-refractivity contribution in [3.05, 3.63) is 57.1 Å². The largest absolute Gasteiger partial charge is 0.324 e. The minimum Gasteiger partial charge on any atom is -0.324 e. The van der Waals surface area contributed by atoms with Gasteiger partial charge >= 0.3 is 0 Å². The molecule has 4 aliphatic rings. The molecular weight excluding hydrogens is 449 g/mol. The molecule has 0 aromatic heterocycles. The van der Waals surface area contributed by atoms with Crippen LogP contribution in [-0.4, -0.2) is 35.2 Å². The van der Waals surface area contributed by atoms with Crippen LogP contribution in [-0.2, 0) is 19.9 Å². The molecule has 3 saturated heterocycles. The quantitative estimate of drug-likeness (QED) is 0.639. The van der Waals surface area contributed by atoms with Crippen molar-refractivity contribution in [1.29, 1.82) is 0 Å². The molecular formula is C24H21Cl2N3O3. The van der Waals surface area contributed by atoms with Crippen LogP contribution in [0, 0.1) is 25.7 Å². The van der Waals surface area contributed by atoms with Gasteiger partial charge in [-0.3, -0.25) is 19.3 Å². The van der Waals surface area contributed by atoms with Crippen LogP contribution < -0.4 is 10.2 Å². The minimum atomic E-state index is -1.17. The van der Waals surface area contributed by atoms with Crippen LogP contribution in [0.1, 0.15) is 29.5 Å². The third kappa shape index (κ3) is 2.28. The molecule has 2 aromatic carbocycles. The van der Waals surface area contributed by atoms with Crippen molar-refractivity contribution in [3.63, 3.8) is 0 Å². The van der Waals surface area contributed by atoms with E-state index in [0.29, 0.717) is 17.3 Å². The van der Waals surface area contributed by atoms with Gasteiger partial charge in [-0.1, -0.05) is 40.9 Å². The molecule has 2 aromatic rings. The van der Waals surface area contributed by atoms with E-state index < -0.39 is 17.4 Å². The van der Waals surface area contributed by atoms with E-state index in [-0.39, 0.29) is 28.8 Å². The van der Waals surface area contributed by atoms with Crippen molar-refractivity contribution in [3.8, 4) is 0 Å². The number of nitrogens with zero attached hydrogens (tertiary/aromatic N) is 2. The fourth-order valence-electron chi connectivity index (χ4n) is 6.54. The number of benzene rings is 2. The third-order valence-corrected chi connectivity index (χ3v) is 8.34. The highest BCUT2D eigenvalue weighted by molar-refractivity contribution is 6.42. The van der Waals surface area contributed by atoms with Gasteiger partial charge in [-0.05, 0) is 57.0 Å². The second-order valence-electron chi connectivity index (χ2n) is 9.24. The number of anilines is 2. The predicted molar refractivity (Wildman–Crippen MR) is 122 cm³/mol. The summed E-state index contributed by atoms with van der Waals surface area (Å²) in [4.78, 5) is 44.7. The van der Waals surface area contributed by atoms with Gasteiger partial charge in [0.1, 0.15) is 5.54 Å². The lowest BCUT2D eigenvalue weighted by molar-refractivity contribution is -0.135. The molecule has 1 N–H and O–H groups in total. The zero-order chi connectivity index (χ0) is 22.5. The normalized spacial score (nSPS) is 30.8. The molecule has 4 atom stereocenters. The average Bonchev–Trinajstić information content (AvgIpc) is 3.44. The summed E-state index contributed by atoms with van der Waals surface area (Å²) < 4.78 is 0. The second kappa shape index (κ2) is 6.56. The number of imide groups is 1. The maximum absolute atomic E-state index is 13.9. The molecule has 8 heteroatoms. The molecule has 0 aliphatic carbocycles. The van der Waals surface area contributed by atoms with Crippen LogP contribution >= 0.6 is 23.2 Å². The Morgan fingerprint density at radius 3 is 2.56 bits per heavy atom. The van der Waals surface area contributed by atoms with Crippen LogP contribution in [0.25, 0.3) is 0 Å². The third-order valence-electron chi connectivity index (χ3n) is 7.60. The van der Waals surface area contributed by atoms with Crippen molar-refractivity contribution in [2.45, 2.75) is 38.3 Å². The molecule has 4 heterocycles. The molecule has 32 heavy (non-hydrogen) atoms. The molecule has 0 unspecified atom stereocenters. The number of halogens is 2. The van der Waals surface area contributed by atoms with Gasteiger partial charge < -0.3 is 5.32 Å². The van der Waals surface area contributed by atoms with Gasteiger partial charge in [-0.15, -0.1) is 0 Å². The van der Waals surface area contributed by atoms with Gasteiger partial charge in [0.15, 0.2) is 0 Å². The maximum Gasteiger partial charge on any atom is 0.250 e. The summed E-state index contributed by atoms with van der Waals surface area (Å²) in [7, 11) is 0. The van der Waals surface area contributed by atoms with Gasteiger partial charge in [0.05, 0.1) is 27.6 Å². The SMILES string of the molecule is Cc1cc(C)c2c(c1)[C@]1(C(=O)N2)[C@@H]2C(=O)N(c3ccc(Cl)c(Cl)c3)C(=O)[C@H]2[C@@H]2CCCN21. The maximum atomic E-state index is 13.9. The number of nitrogens with one attached hydrogen (secondary N) is 1. The summed E-state index contributed by atoms with van der Waals surface area (Å²) in [6, 6.07) is 8.61. The Morgan fingerprint density at radius 2 is 1.81 bits per heavy atom. The van der Waals surface area contributed by atoms with Crippen LogP contribution in [0.3, 0.4) is 0 Å². The summed E-state index contributed by atoms with van der Waals surface area (Å²) in [5.41, 5.74) is 2.78. The Labute approximate surface area is 195 Å². The molecule has 4 aliphatic heterocycles. The molecule has 0 saturated carbocycles. The molecule has 0 radical (unpaired) electrons. The first-order chi connectivity index (χ1) is 15.3. The molecule has 1 spiro atoms. The Morgan fingerprint density at radius 1 is 1.03 bits per heavy atom. The van der Waals surface area contributed by atoms with E-state index in [1.807, 2.05) is 26.0 Å². The fraction of sp³-hybridized carbons (Fsp3) is 0.375. The first kappa shape index (κ1) is 20.2. The zero-order valence-electron chi connectivity index (χ0n) is 17.6. The second-order valence-corrected chi connectivity index (χ2v) is 10.1. The van der Waals surface area contributed by atoms with Crippen molar-refractivity contribution >= 4 is 52.3 Å². The summed E-state index contributed by atoms with van der Waals surface area (Å²) >= 11 is 12.2. The lowest BCUT2D eigenvalue weighted by Gasteiger charge is -2.36. The number of carbonyl (C=O) groups excluding carboxylic acids is 3. The highest BCUT2D eigenvalue weighted by atomic mass is 35.5. The van der Waals surface area contributed by atoms with Crippen LogP contribution in [0.2, 0.25) is 10.0 Å². The highest BCUT2D eigenvalue weighted by Gasteiger charge is 2.74. The summed E-state index contributed by atoms with van der Waals surface area (Å²) in [5, 5.41) is 3.68.